The number of phenols is 1. The van der Waals surface area contributed by atoms with E-state index < -0.39 is 5.41 Å². The van der Waals surface area contributed by atoms with Crippen molar-refractivity contribution < 1.29 is 24.1 Å². The maximum atomic E-state index is 11.2. The average molecular weight is 562 g/mol. The number of aromatic hydroxyl groups is 1. The highest BCUT2D eigenvalue weighted by Crippen LogP contribution is 2.56. The Hall–Kier alpha value is -4.42. The molecule has 4 bridgehead atoms. The molecule has 0 spiro atoms. The summed E-state index contributed by atoms with van der Waals surface area (Å²) in [6.07, 6.45) is 4.12. The van der Waals surface area contributed by atoms with Gasteiger partial charge in [0, 0.05) is 36.3 Å². The van der Waals surface area contributed by atoms with E-state index in [1.54, 1.807) is 28.4 Å². The molecule has 4 aromatic rings. The Morgan fingerprint density at radius 2 is 1.55 bits per heavy atom. The topological polar surface area (TPSA) is 60.4 Å². The lowest BCUT2D eigenvalue weighted by molar-refractivity contribution is 0.176. The molecule has 42 heavy (non-hydrogen) atoms. The van der Waals surface area contributed by atoms with Crippen LogP contribution in [0.2, 0.25) is 0 Å². The third-order valence-corrected chi connectivity index (χ3v) is 9.34. The summed E-state index contributed by atoms with van der Waals surface area (Å²) in [4.78, 5) is 2.61. The van der Waals surface area contributed by atoms with Gasteiger partial charge in [0.15, 0.2) is 0 Å². The smallest absolute Gasteiger partial charge is 0.127 e. The molecular weight excluding hydrogens is 526 g/mol. The van der Waals surface area contributed by atoms with Gasteiger partial charge in [0.25, 0.3) is 0 Å². The number of hydrogen-bond donors (Lipinski definition) is 1. The minimum absolute atomic E-state index is 0.131. The zero-order chi connectivity index (χ0) is 29.0. The van der Waals surface area contributed by atoms with E-state index in [1.807, 2.05) is 30.3 Å². The second kappa shape index (κ2) is 10.1. The molecule has 1 unspecified atom stereocenters. The van der Waals surface area contributed by atoms with E-state index in [-0.39, 0.29) is 6.04 Å². The Morgan fingerprint density at radius 1 is 0.762 bits per heavy atom. The molecule has 6 heteroatoms. The first-order chi connectivity index (χ1) is 20.5. The van der Waals surface area contributed by atoms with Gasteiger partial charge in [-0.05, 0) is 88.7 Å². The quantitative estimate of drug-likeness (QED) is 0.310. The van der Waals surface area contributed by atoms with E-state index in [2.05, 4.69) is 53.4 Å². The van der Waals surface area contributed by atoms with E-state index in [1.165, 1.54) is 11.1 Å². The van der Waals surface area contributed by atoms with Crippen molar-refractivity contribution in [1.29, 1.82) is 0 Å². The van der Waals surface area contributed by atoms with Crippen LogP contribution in [0.25, 0.3) is 16.7 Å². The van der Waals surface area contributed by atoms with Crippen LogP contribution < -0.4 is 18.9 Å². The monoisotopic (exact) mass is 561 g/mol. The molecule has 3 aliphatic heterocycles. The predicted octanol–water partition coefficient (Wildman–Crippen LogP) is 6.26. The number of hydrogen-bond acceptors (Lipinski definition) is 6. The largest absolute Gasteiger partial charge is 0.507 e. The van der Waals surface area contributed by atoms with Crippen LogP contribution in [-0.4, -0.2) is 57.6 Å². The Morgan fingerprint density at radius 3 is 2.31 bits per heavy atom. The SMILES string of the molecule is COc1cccc([C@]23C=C4CN(CCc5ccc(c(O)c5)-c5ccc(OC)cc54)[C@H]2Cc2cc(OC)cc(OC)c23)c1. The number of fused-ring (bicyclic) bond motifs is 6. The maximum Gasteiger partial charge on any atom is 0.127 e. The molecule has 6 nitrogen and oxygen atoms in total. The van der Waals surface area contributed by atoms with Crippen molar-refractivity contribution in [3.63, 3.8) is 0 Å². The van der Waals surface area contributed by atoms with Gasteiger partial charge in [-0.15, -0.1) is 0 Å². The van der Waals surface area contributed by atoms with Crippen molar-refractivity contribution in [2.75, 3.05) is 41.5 Å². The van der Waals surface area contributed by atoms with Crippen molar-refractivity contribution in [3.8, 4) is 39.9 Å². The first-order valence-electron chi connectivity index (χ1n) is 14.4. The first kappa shape index (κ1) is 26.5. The summed E-state index contributed by atoms with van der Waals surface area (Å²) in [5.74, 6) is 3.50. The lowest BCUT2D eigenvalue weighted by Crippen LogP contribution is -2.52. The lowest BCUT2D eigenvalue weighted by atomic mass is 9.68. The van der Waals surface area contributed by atoms with E-state index in [0.29, 0.717) is 5.75 Å². The molecule has 0 fully saturated rings. The van der Waals surface area contributed by atoms with Gasteiger partial charge < -0.3 is 24.1 Å². The van der Waals surface area contributed by atoms with Crippen molar-refractivity contribution >= 4 is 5.57 Å². The Balaban J connectivity index is 1.58. The zero-order valence-electron chi connectivity index (χ0n) is 24.4. The van der Waals surface area contributed by atoms with Gasteiger partial charge in [-0.2, -0.15) is 0 Å². The highest BCUT2D eigenvalue weighted by atomic mass is 16.5. The number of nitrogens with zero attached hydrogens (tertiary/aromatic N) is 1. The molecular formula is C36H35NO5. The summed E-state index contributed by atoms with van der Waals surface area (Å²) in [5, 5.41) is 11.2. The molecule has 3 atom stereocenters. The van der Waals surface area contributed by atoms with Crippen molar-refractivity contribution in [2.24, 2.45) is 0 Å². The van der Waals surface area contributed by atoms with Gasteiger partial charge >= 0.3 is 0 Å². The summed E-state index contributed by atoms with van der Waals surface area (Å²) >= 11 is 0. The van der Waals surface area contributed by atoms with Crippen LogP contribution in [0.3, 0.4) is 0 Å². The van der Waals surface area contributed by atoms with Crippen molar-refractivity contribution in [3.05, 3.63) is 107 Å². The molecule has 1 aliphatic carbocycles. The lowest BCUT2D eigenvalue weighted by Gasteiger charge is -2.46. The summed E-state index contributed by atoms with van der Waals surface area (Å²) in [7, 11) is 6.85. The molecule has 1 N–H and O–H groups in total. The number of phenolic OH excluding ortho intramolecular Hbond substituents is 1. The number of rotatable bonds is 5. The van der Waals surface area contributed by atoms with Crippen LogP contribution in [0.5, 0.6) is 28.7 Å². The molecule has 4 aromatic carbocycles. The highest BCUT2D eigenvalue weighted by Gasteiger charge is 2.53. The fourth-order valence-corrected chi connectivity index (χ4v) is 7.41. The highest BCUT2D eigenvalue weighted by molar-refractivity contribution is 5.87. The third kappa shape index (κ3) is 3.97. The van der Waals surface area contributed by atoms with E-state index in [4.69, 9.17) is 18.9 Å². The van der Waals surface area contributed by atoms with E-state index in [0.717, 1.165) is 82.3 Å². The molecule has 0 radical (unpaired) electrons. The summed E-state index contributed by atoms with van der Waals surface area (Å²) < 4.78 is 23.3. The first-order valence-corrected chi connectivity index (χ1v) is 14.4. The molecule has 0 aromatic heterocycles. The summed E-state index contributed by atoms with van der Waals surface area (Å²) in [5.41, 5.74) is 8.14. The van der Waals surface area contributed by atoms with Gasteiger partial charge in [0.1, 0.15) is 28.7 Å². The van der Waals surface area contributed by atoms with Crippen LogP contribution in [0, 0.1) is 0 Å². The third-order valence-electron chi connectivity index (χ3n) is 9.34. The average Bonchev–Trinajstić information content (AvgIpc) is 3.37. The van der Waals surface area contributed by atoms with Gasteiger partial charge in [0.2, 0.25) is 0 Å². The molecule has 4 aliphatic rings. The Labute approximate surface area is 246 Å². The van der Waals surface area contributed by atoms with Gasteiger partial charge in [-0.25, -0.2) is 0 Å². The van der Waals surface area contributed by atoms with Crippen LogP contribution >= 0.6 is 0 Å². The van der Waals surface area contributed by atoms with Crippen LogP contribution in [-0.2, 0) is 18.3 Å². The number of methoxy groups -OCH3 is 4. The van der Waals surface area contributed by atoms with E-state index in [9.17, 15) is 5.11 Å². The van der Waals surface area contributed by atoms with Crippen LogP contribution in [0.1, 0.15) is 27.8 Å². The van der Waals surface area contributed by atoms with Gasteiger partial charge in [-0.1, -0.05) is 30.3 Å². The maximum absolute atomic E-state index is 11.2. The molecule has 0 saturated carbocycles. The molecule has 0 saturated heterocycles. The fraction of sp³-hybridized carbons (Fsp3) is 0.278. The molecule has 214 valence electrons. The van der Waals surface area contributed by atoms with Crippen molar-refractivity contribution in [1.82, 2.24) is 4.90 Å². The van der Waals surface area contributed by atoms with Crippen LogP contribution in [0.15, 0.2) is 78.9 Å². The second-order valence-corrected chi connectivity index (χ2v) is 11.3. The van der Waals surface area contributed by atoms with Crippen LogP contribution in [0.4, 0.5) is 0 Å². The normalized spacial score (nSPS) is 21.8. The zero-order valence-corrected chi connectivity index (χ0v) is 24.4. The Kier molecular flexibility index (Phi) is 6.39. The standard InChI is InChI=1S/C36H35NO5/c1-39-26-7-5-6-25(17-26)36-20-24-21-37(34(36)16-23-15-28(41-3)19-33(42-4)35(23)36)13-12-22-8-10-30(32(38)14-22)29-11-9-27(40-2)18-31(24)29/h5-11,14-15,17-20,34,38H,12-13,16,21H2,1-4H3/t34-,36+/m0/s1. The molecule has 3 heterocycles. The fourth-order valence-electron chi connectivity index (χ4n) is 7.41. The van der Waals surface area contributed by atoms with Crippen molar-refractivity contribution in [2.45, 2.75) is 24.3 Å². The van der Waals surface area contributed by atoms with Gasteiger partial charge in [-0.3, -0.25) is 4.90 Å². The Bertz CT molecular complexity index is 1730. The molecule has 8 rings (SSSR count). The second-order valence-electron chi connectivity index (χ2n) is 11.3. The number of ether oxygens (including phenoxy) is 4. The summed E-state index contributed by atoms with van der Waals surface area (Å²) in [6, 6.07) is 25.0. The van der Waals surface area contributed by atoms with Gasteiger partial charge in [0.05, 0.1) is 33.9 Å². The number of benzene rings is 4. The minimum Gasteiger partial charge on any atom is -0.507 e. The van der Waals surface area contributed by atoms with E-state index >= 15 is 0 Å². The summed E-state index contributed by atoms with van der Waals surface area (Å²) in [6.45, 7) is 1.60. The molecule has 0 amide bonds. The predicted molar refractivity (Wildman–Crippen MR) is 164 cm³/mol. The minimum atomic E-state index is -0.527.